The van der Waals surface area contributed by atoms with Gasteiger partial charge >= 0.3 is 7.12 Å². The van der Waals surface area contributed by atoms with Crippen molar-refractivity contribution in [3.8, 4) is 5.75 Å². The summed E-state index contributed by atoms with van der Waals surface area (Å²) in [6, 6.07) is 27.0. The van der Waals surface area contributed by atoms with Crippen LogP contribution in [0.1, 0.15) is 55.0 Å². The number of allylic oxidation sites excluding steroid dienone is 2. The zero-order chi connectivity index (χ0) is 34.9. The molecular formula is C41H42BN3O5. The van der Waals surface area contributed by atoms with E-state index < -0.39 is 25.1 Å². The number of carbonyl (C=O) groups is 2. The number of nitrogens with zero attached hydrogens (tertiary/aromatic N) is 2. The van der Waals surface area contributed by atoms with Crippen LogP contribution >= 0.6 is 0 Å². The fraction of sp³-hybridized carbons (Fsp3) is 0.293. The van der Waals surface area contributed by atoms with Crippen molar-refractivity contribution < 1.29 is 24.4 Å². The predicted molar refractivity (Wildman–Crippen MR) is 198 cm³/mol. The van der Waals surface area contributed by atoms with Crippen molar-refractivity contribution in [3.05, 3.63) is 125 Å². The number of phenols is 1. The third-order valence-corrected chi connectivity index (χ3v) is 10.4. The fourth-order valence-corrected chi connectivity index (χ4v) is 8.13. The number of carbonyl (C=O) groups excluding carboxylic acids is 2. The van der Waals surface area contributed by atoms with E-state index >= 15 is 0 Å². The van der Waals surface area contributed by atoms with Gasteiger partial charge in [0.05, 0.1) is 29.3 Å². The molecule has 3 aliphatic rings. The number of aromatic hydroxyl groups is 1. The van der Waals surface area contributed by atoms with E-state index in [-0.39, 0.29) is 24.1 Å². The third kappa shape index (κ3) is 6.51. The van der Waals surface area contributed by atoms with Crippen molar-refractivity contribution >= 4 is 47.6 Å². The fourth-order valence-electron chi connectivity index (χ4n) is 8.13. The second-order valence-electron chi connectivity index (χ2n) is 13.6. The van der Waals surface area contributed by atoms with Gasteiger partial charge in [-0.15, -0.1) is 0 Å². The van der Waals surface area contributed by atoms with Crippen molar-refractivity contribution in [1.82, 2.24) is 4.98 Å². The minimum atomic E-state index is -1.05. The minimum absolute atomic E-state index is 0.175. The molecule has 0 spiro atoms. The molecule has 2 saturated heterocycles. The molecule has 9 heteroatoms. The topological polar surface area (TPSA) is 112 Å². The van der Waals surface area contributed by atoms with Gasteiger partial charge in [-0.25, -0.2) is 0 Å². The molecule has 2 amide bonds. The van der Waals surface area contributed by atoms with Crippen LogP contribution in [0.2, 0.25) is 6.32 Å². The molecule has 1 aliphatic carbocycles. The molecule has 254 valence electrons. The molecule has 8 nitrogen and oxygen atoms in total. The average Bonchev–Trinajstić information content (AvgIpc) is 3.38. The molecule has 4 atom stereocenters. The second-order valence-corrected chi connectivity index (χ2v) is 13.6. The summed E-state index contributed by atoms with van der Waals surface area (Å²) in [6.45, 7) is 5.87. The van der Waals surface area contributed by atoms with Crippen LogP contribution in [-0.4, -0.2) is 40.2 Å². The highest BCUT2D eigenvalue weighted by Gasteiger charge is 2.57. The lowest BCUT2D eigenvalue weighted by atomic mass is 9.58. The summed E-state index contributed by atoms with van der Waals surface area (Å²) in [4.78, 5) is 34.2. The number of aromatic nitrogens is 1. The first-order valence-corrected chi connectivity index (χ1v) is 17.5. The van der Waals surface area contributed by atoms with E-state index in [1.807, 2.05) is 98.8 Å². The number of benzene rings is 3. The van der Waals surface area contributed by atoms with Crippen molar-refractivity contribution in [1.29, 1.82) is 0 Å². The van der Waals surface area contributed by atoms with Gasteiger partial charge in [-0.3, -0.25) is 19.5 Å². The van der Waals surface area contributed by atoms with Gasteiger partial charge in [0, 0.05) is 17.6 Å². The summed E-state index contributed by atoms with van der Waals surface area (Å²) in [5.41, 5.74) is 9.00. The Balaban J connectivity index is 1.15. The van der Waals surface area contributed by atoms with E-state index in [0.29, 0.717) is 30.7 Å². The Morgan fingerprint density at radius 1 is 0.960 bits per heavy atom. The standard InChI is InChI=1S/C41H42BN3O5/c1-4-28-23-33-38(41(48)45(40(33)47)32-16-14-31(15-17-32)44-30-10-6-5-7-11-30)34-24-42(49)50-36(37(28)34)18-13-29(35-12-8-9-19-43-35)22-27-20-25(2)39(46)26(3)21-27/h5-12,14-17,19-22,33-34,36,38,44,46,49H,4,13,18,23-24H2,1-3H3/b29-22-/t33-,34+,36-,38-/m1/s1. The first kappa shape index (κ1) is 33.5. The smallest absolute Gasteiger partial charge is 0.455 e. The van der Waals surface area contributed by atoms with Crippen LogP contribution in [0, 0.1) is 31.6 Å². The van der Waals surface area contributed by atoms with Crippen molar-refractivity contribution in [2.24, 2.45) is 17.8 Å². The van der Waals surface area contributed by atoms with E-state index in [1.54, 1.807) is 6.20 Å². The first-order chi connectivity index (χ1) is 24.2. The number of para-hydroxylation sites is 1. The number of hydrogen-bond acceptors (Lipinski definition) is 7. The number of amides is 2. The summed E-state index contributed by atoms with van der Waals surface area (Å²) >= 11 is 0. The summed E-state index contributed by atoms with van der Waals surface area (Å²) in [6.07, 6.45) is 6.17. The number of fused-ring (bicyclic) bond motifs is 3. The Hall–Kier alpha value is -4.99. The Labute approximate surface area is 293 Å². The molecular weight excluding hydrogens is 625 g/mol. The molecule has 0 bridgehead atoms. The highest BCUT2D eigenvalue weighted by atomic mass is 16.5. The van der Waals surface area contributed by atoms with Gasteiger partial charge in [0.2, 0.25) is 11.8 Å². The number of aryl methyl sites for hydroxylation is 2. The van der Waals surface area contributed by atoms with Crippen LogP contribution in [-0.2, 0) is 14.2 Å². The summed E-state index contributed by atoms with van der Waals surface area (Å²) < 4.78 is 6.26. The normalized spacial score (nSPS) is 22.1. The highest BCUT2D eigenvalue weighted by Crippen LogP contribution is 2.52. The van der Waals surface area contributed by atoms with Crippen molar-refractivity contribution in [2.75, 3.05) is 10.2 Å². The maximum atomic E-state index is 14.2. The zero-order valence-electron chi connectivity index (χ0n) is 28.7. The zero-order valence-corrected chi connectivity index (χ0v) is 28.7. The number of phenolic OH excluding ortho intramolecular Hbond substituents is 1. The van der Waals surface area contributed by atoms with Gasteiger partial charge in [-0.1, -0.05) is 36.8 Å². The molecule has 1 aromatic heterocycles. The van der Waals surface area contributed by atoms with Crippen LogP contribution < -0.4 is 10.2 Å². The number of imide groups is 1. The monoisotopic (exact) mass is 667 g/mol. The Morgan fingerprint density at radius 2 is 1.66 bits per heavy atom. The van der Waals surface area contributed by atoms with Gasteiger partial charge in [0.25, 0.3) is 0 Å². The molecule has 2 aliphatic heterocycles. The Kier molecular flexibility index (Phi) is 9.45. The summed E-state index contributed by atoms with van der Waals surface area (Å²) in [5.74, 6) is -1.40. The molecule has 50 heavy (non-hydrogen) atoms. The Bertz CT molecular complexity index is 1940. The van der Waals surface area contributed by atoms with E-state index in [9.17, 15) is 19.7 Å². The predicted octanol–water partition coefficient (Wildman–Crippen LogP) is 7.88. The van der Waals surface area contributed by atoms with Crippen LogP contribution in [0.15, 0.2) is 102 Å². The van der Waals surface area contributed by atoms with Gasteiger partial charge in [0.1, 0.15) is 5.75 Å². The quantitative estimate of drug-likeness (QED) is 0.0946. The lowest BCUT2D eigenvalue weighted by molar-refractivity contribution is -0.122. The lowest BCUT2D eigenvalue weighted by Crippen LogP contribution is -2.46. The minimum Gasteiger partial charge on any atom is -0.507 e. The number of nitrogens with one attached hydrogen (secondary N) is 1. The summed E-state index contributed by atoms with van der Waals surface area (Å²) in [7, 11) is -1.05. The molecule has 0 radical (unpaired) electrons. The molecule has 0 unspecified atom stereocenters. The molecule has 7 rings (SSSR count). The molecule has 4 aromatic rings. The SMILES string of the molecule is CCC1=C2[C@@H](CC/C(=C/c3cc(C)c(O)c(C)c3)c3ccccn3)OB(O)C[C@@H]2[C@@H]2C(=O)N(c3ccc(Nc4ccccc4)cc3)C(=O)[C@@H]2C1. The van der Waals surface area contributed by atoms with E-state index in [4.69, 9.17) is 4.65 Å². The largest absolute Gasteiger partial charge is 0.507 e. The molecule has 3 heterocycles. The van der Waals surface area contributed by atoms with Crippen LogP contribution in [0.4, 0.5) is 17.1 Å². The van der Waals surface area contributed by atoms with Crippen LogP contribution in [0.3, 0.4) is 0 Å². The van der Waals surface area contributed by atoms with E-state index in [0.717, 1.165) is 56.9 Å². The number of hydrogen-bond donors (Lipinski definition) is 3. The van der Waals surface area contributed by atoms with Crippen LogP contribution in [0.5, 0.6) is 5.75 Å². The highest BCUT2D eigenvalue weighted by molar-refractivity contribution is 6.43. The maximum Gasteiger partial charge on any atom is 0.455 e. The average molecular weight is 668 g/mol. The molecule has 0 saturated carbocycles. The van der Waals surface area contributed by atoms with E-state index in [2.05, 4.69) is 23.3 Å². The molecule has 3 aromatic carbocycles. The van der Waals surface area contributed by atoms with Crippen molar-refractivity contribution in [3.63, 3.8) is 0 Å². The lowest BCUT2D eigenvalue weighted by Gasteiger charge is -2.43. The van der Waals surface area contributed by atoms with Gasteiger partial charge < -0.3 is 20.1 Å². The van der Waals surface area contributed by atoms with Gasteiger partial charge in [0.15, 0.2) is 0 Å². The first-order valence-electron chi connectivity index (χ1n) is 17.5. The molecule has 3 N–H and O–H groups in total. The van der Waals surface area contributed by atoms with E-state index in [1.165, 1.54) is 4.90 Å². The van der Waals surface area contributed by atoms with Gasteiger partial charge in [-0.05, 0) is 146 Å². The number of pyridine rings is 1. The van der Waals surface area contributed by atoms with Gasteiger partial charge in [-0.2, -0.15) is 0 Å². The van der Waals surface area contributed by atoms with Crippen LogP contribution in [0.25, 0.3) is 11.6 Å². The van der Waals surface area contributed by atoms with Crippen molar-refractivity contribution in [2.45, 2.75) is 58.9 Å². The molecule has 2 fully saturated rings. The second kappa shape index (κ2) is 14.1. The maximum absolute atomic E-state index is 14.2. The number of anilines is 3. The summed E-state index contributed by atoms with van der Waals surface area (Å²) in [5, 5.41) is 24.8. The Morgan fingerprint density at radius 3 is 2.34 bits per heavy atom. The third-order valence-electron chi connectivity index (χ3n) is 10.4. The number of rotatable bonds is 9.